The number of carboxylic acids is 1. The van der Waals surface area contributed by atoms with E-state index in [1.807, 2.05) is 16.3 Å². The van der Waals surface area contributed by atoms with Gasteiger partial charge in [-0.25, -0.2) is 9.78 Å². The molecule has 3 heterocycles. The Morgan fingerprint density at radius 1 is 1.45 bits per heavy atom. The number of aromatic nitrogens is 2. The second kappa shape index (κ2) is 4.53. The van der Waals surface area contributed by atoms with Gasteiger partial charge in [0.05, 0.1) is 0 Å². The molecule has 0 saturated heterocycles. The van der Waals surface area contributed by atoms with Gasteiger partial charge in [-0.05, 0) is 36.3 Å². The number of fused-ring (bicyclic) bond motifs is 1. The number of hydrogen-bond acceptors (Lipinski definition) is 6. The molecular weight excluding hydrogens is 294 g/mol. The van der Waals surface area contributed by atoms with E-state index in [0.717, 1.165) is 35.8 Å². The first kappa shape index (κ1) is 12.3. The van der Waals surface area contributed by atoms with Crippen LogP contribution in [0.5, 0.6) is 0 Å². The molecule has 1 atom stereocenters. The smallest absolute Gasteiger partial charge is 0.331 e. The van der Waals surface area contributed by atoms with E-state index >= 15 is 0 Å². The Labute approximate surface area is 124 Å². The van der Waals surface area contributed by atoms with Crippen molar-refractivity contribution < 1.29 is 9.90 Å². The molecule has 1 fully saturated rings. The molecule has 0 radical (unpaired) electrons. The number of anilines is 1. The van der Waals surface area contributed by atoms with E-state index in [4.69, 9.17) is 0 Å². The van der Waals surface area contributed by atoms with Crippen LogP contribution in [0.4, 0.5) is 5.13 Å². The van der Waals surface area contributed by atoms with Gasteiger partial charge in [-0.1, -0.05) is 0 Å². The molecule has 20 heavy (non-hydrogen) atoms. The van der Waals surface area contributed by atoms with E-state index in [0.29, 0.717) is 12.5 Å². The van der Waals surface area contributed by atoms with Crippen molar-refractivity contribution in [3.05, 3.63) is 27.7 Å². The minimum atomic E-state index is -0.812. The van der Waals surface area contributed by atoms with Gasteiger partial charge in [0.25, 0.3) is 0 Å². The van der Waals surface area contributed by atoms with Crippen LogP contribution < -0.4 is 4.90 Å². The average molecular weight is 307 g/mol. The minimum absolute atomic E-state index is 0.504. The lowest BCUT2D eigenvalue weighted by atomic mass is 10.0. The fourth-order valence-electron chi connectivity index (χ4n) is 2.64. The Morgan fingerprint density at radius 3 is 3.05 bits per heavy atom. The molecule has 0 bridgehead atoms. The van der Waals surface area contributed by atoms with Gasteiger partial charge in [-0.2, -0.15) is 4.37 Å². The number of carbonyl (C=O) groups is 1. The Balaban J connectivity index is 1.71. The average Bonchev–Trinajstić information content (AvgIpc) is 3.00. The molecule has 0 amide bonds. The van der Waals surface area contributed by atoms with Crippen LogP contribution in [0.3, 0.4) is 0 Å². The van der Waals surface area contributed by atoms with Crippen molar-refractivity contribution in [1.29, 1.82) is 0 Å². The highest BCUT2D eigenvalue weighted by molar-refractivity contribution is 7.10. The van der Waals surface area contributed by atoms with Gasteiger partial charge in [0.1, 0.15) is 5.82 Å². The Morgan fingerprint density at radius 2 is 2.30 bits per heavy atom. The number of thiophene rings is 1. The van der Waals surface area contributed by atoms with Crippen LogP contribution in [-0.2, 0) is 11.2 Å². The van der Waals surface area contributed by atoms with Crippen molar-refractivity contribution in [1.82, 2.24) is 9.36 Å². The van der Waals surface area contributed by atoms with Crippen LogP contribution in [0.15, 0.2) is 11.4 Å². The molecule has 2 aliphatic rings. The summed E-state index contributed by atoms with van der Waals surface area (Å²) in [5.41, 5.74) is 0.914. The molecule has 1 saturated carbocycles. The maximum absolute atomic E-state index is 11.7. The first-order valence-corrected chi connectivity index (χ1v) is 8.28. The molecule has 2 aromatic rings. The van der Waals surface area contributed by atoms with Gasteiger partial charge in [-0.15, -0.1) is 11.3 Å². The molecular formula is C13H13N3O2S2. The molecule has 5 nitrogen and oxygen atoms in total. The van der Waals surface area contributed by atoms with Gasteiger partial charge < -0.3 is 10.0 Å². The van der Waals surface area contributed by atoms with Crippen molar-refractivity contribution >= 4 is 34.0 Å². The van der Waals surface area contributed by atoms with Crippen LogP contribution in [0.1, 0.15) is 41.1 Å². The first-order chi connectivity index (χ1) is 9.74. The fourth-order valence-corrected chi connectivity index (χ4v) is 4.34. The standard InChI is InChI=1S/C13H13N3O2S2/c17-12(18)10-8-4-6-19-9(8)3-5-16(10)13-14-11(15-20-13)7-1-2-7/h4,6-7,10H,1-3,5H2,(H,17,18). The lowest BCUT2D eigenvalue weighted by Gasteiger charge is -2.32. The van der Waals surface area contributed by atoms with E-state index in [1.165, 1.54) is 16.4 Å². The van der Waals surface area contributed by atoms with Gasteiger partial charge in [0.2, 0.25) is 5.13 Å². The summed E-state index contributed by atoms with van der Waals surface area (Å²) in [5, 5.41) is 12.3. The highest BCUT2D eigenvalue weighted by Crippen LogP contribution is 2.42. The molecule has 1 aliphatic heterocycles. The number of aliphatic carboxylic acids is 1. The normalized spacial score (nSPS) is 21.8. The van der Waals surface area contributed by atoms with Crippen LogP contribution in [-0.4, -0.2) is 27.0 Å². The molecule has 0 spiro atoms. The van der Waals surface area contributed by atoms with Gasteiger partial charge in [0, 0.05) is 28.9 Å². The molecule has 1 unspecified atom stereocenters. The van der Waals surface area contributed by atoms with Crippen LogP contribution in [0.2, 0.25) is 0 Å². The maximum Gasteiger partial charge on any atom is 0.331 e. The monoisotopic (exact) mass is 307 g/mol. The molecule has 7 heteroatoms. The number of nitrogens with zero attached hydrogens (tertiary/aromatic N) is 3. The zero-order chi connectivity index (χ0) is 13.7. The summed E-state index contributed by atoms with van der Waals surface area (Å²) in [5.74, 6) is 0.586. The molecule has 2 aromatic heterocycles. The third kappa shape index (κ3) is 1.92. The second-order valence-corrected chi connectivity index (χ2v) is 6.92. The van der Waals surface area contributed by atoms with Crippen molar-refractivity contribution in [3.8, 4) is 0 Å². The van der Waals surface area contributed by atoms with E-state index in [2.05, 4.69) is 9.36 Å². The van der Waals surface area contributed by atoms with Crippen molar-refractivity contribution in [2.75, 3.05) is 11.4 Å². The Bertz CT molecular complexity index is 662. The van der Waals surface area contributed by atoms with Crippen molar-refractivity contribution in [2.24, 2.45) is 0 Å². The lowest BCUT2D eigenvalue weighted by Crippen LogP contribution is -2.39. The van der Waals surface area contributed by atoms with E-state index in [-0.39, 0.29) is 0 Å². The molecule has 1 aliphatic carbocycles. The summed E-state index contributed by atoms with van der Waals surface area (Å²) in [6.45, 7) is 0.698. The van der Waals surface area contributed by atoms with Gasteiger partial charge in [-0.3, -0.25) is 0 Å². The topological polar surface area (TPSA) is 66.3 Å². The second-order valence-electron chi connectivity index (χ2n) is 5.19. The fraction of sp³-hybridized carbons (Fsp3) is 0.462. The molecule has 104 valence electrons. The largest absolute Gasteiger partial charge is 0.479 e. The highest BCUT2D eigenvalue weighted by Gasteiger charge is 2.36. The quantitative estimate of drug-likeness (QED) is 0.944. The number of rotatable bonds is 3. The predicted molar refractivity (Wildman–Crippen MR) is 77.6 cm³/mol. The van der Waals surface area contributed by atoms with E-state index < -0.39 is 12.0 Å². The van der Waals surface area contributed by atoms with Crippen LogP contribution in [0, 0.1) is 0 Å². The van der Waals surface area contributed by atoms with Crippen LogP contribution in [0.25, 0.3) is 0 Å². The predicted octanol–water partition coefficient (Wildman–Crippen LogP) is 2.67. The van der Waals surface area contributed by atoms with Crippen LogP contribution >= 0.6 is 22.9 Å². The summed E-state index contributed by atoms with van der Waals surface area (Å²) < 4.78 is 4.39. The third-order valence-corrected chi connectivity index (χ3v) is 5.58. The zero-order valence-electron chi connectivity index (χ0n) is 10.7. The summed E-state index contributed by atoms with van der Waals surface area (Å²) in [4.78, 5) is 19.3. The zero-order valence-corrected chi connectivity index (χ0v) is 12.3. The Hall–Kier alpha value is -1.47. The number of carboxylic acid groups (broad SMARTS) is 1. The maximum atomic E-state index is 11.7. The Kier molecular flexibility index (Phi) is 2.78. The molecule has 0 aromatic carbocycles. The van der Waals surface area contributed by atoms with Crippen molar-refractivity contribution in [3.63, 3.8) is 0 Å². The summed E-state index contributed by atoms with van der Waals surface area (Å²) in [7, 11) is 0. The van der Waals surface area contributed by atoms with Gasteiger partial charge >= 0.3 is 5.97 Å². The molecule has 4 rings (SSSR count). The van der Waals surface area contributed by atoms with Gasteiger partial charge in [0.15, 0.2) is 6.04 Å². The lowest BCUT2D eigenvalue weighted by molar-refractivity contribution is -0.138. The third-order valence-electron chi connectivity index (χ3n) is 3.82. The SMILES string of the molecule is O=C(O)C1c2ccsc2CCN1c1nc(C2CC2)ns1. The summed E-state index contributed by atoms with van der Waals surface area (Å²) in [6, 6.07) is 1.30. The molecule has 1 N–H and O–H groups in total. The minimum Gasteiger partial charge on any atom is -0.479 e. The van der Waals surface area contributed by atoms with E-state index in [9.17, 15) is 9.90 Å². The van der Waals surface area contributed by atoms with Crippen molar-refractivity contribution in [2.45, 2.75) is 31.2 Å². The first-order valence-electron chi connectivity index (χ1n) is 6.63. The highest BCUT2D eigenvalue weighted by atomic mass is 32.1. The number of hydrogen-bond donors (Lipinski definition) is 1. The van der Waals surface area contributed by atoms with E-state index in [1.54, 1.807) is 11.3 Å². The summed E-state index contributed by atoms with van der Waals surface area (Å²) in [6.07, 6.45) is 3.20. The summed E-state index contributed by atoms with van der Waals surface area (Å²) >= 11 is 2.97.